The van der Waals surface area contributed by atoms with E-state index in [1.807, 2.05) is 0 Å². The first-order valence-corrected chi connectivity index (χ1v) is 5.62. The van der Waals surface area contributed by atoms with E-state index in [1.54, 1.807) is 0 Å². The fraction of sp³-hybridized carbons (Fsp3) is 1.00. The summed E-state index contributed by atoms with van der Waals surface area (Å²) >= 11 is 0. The Morgan fingerprint density at radius 2 is 2.14 bits per heavy atom. The third-order valence-electron chi connectivity index (χ3n) is 1.88. The average Bonchev–Trinajstić information content (AvgIpc) is 2.00. The van der Waals surface area contributed by atoms with Gasteiger partial charge in [0, 0.05) is 5.75 Å². The van der Waals surface area contributed by atoms with Gasteiger partial charge in [0.2, 0.25) is 0 Å². The Hall–Kier alpha value is 1.43. The molecule has 0 radical (unpaired) electrons. The van der Waals surface area contributed by atoms with Crippen molar-refractivity contribution in [3.05, 3.63) is 5.21 Å². The Morgan fingerprint density at radius 1 is 1.50 bits per heavy atom. The summed E-state index contributed by atoms with van der Waals surface area (Å²) < 4.78 is 35.9. The van der Waals surface area contributed by atoms with E-state index >= 15 is 0 Å². The molecule has 78 valence electrons. The van der Waals surface area contributed by atoms with Gasteiger partial charge in [-0.05, 0) is 6.42 Å². The zero-order valence-electron chi connectivity index (χ0n) is 8.06. The molecule has 0 amide bonds. The SMILES string of the molecule is O=S(=O)([O-])CCC1C[NH+]([O-])CCO1.[K+]. The molecule has 0 aromatic heterocycles. The van der Waals surface area contributed by atoms with Crippen molar-refractivity contribution in [2.75, 3.05) is 25.4 Å². The summed E-state index contributed by atoms with van der Waals surface area (Å²) in [6.45, 7) is 0.957. The maximum absolute atomic E-state index is 10.9. The molecule has 2 unspecified atom stereocenters. The number of nitrogens with one attached hydrogen (secondary N) is 1. The minimum absolute atomic E-state index is 0. The van der Waals surface area contributed by atoms with Gasteiger partial charge in [-0.3, -0.25) is 0 Å². The van der Waals surface area contributed by atoms with E-state index < -0.39 is 15.9 Å². The molecule has 2 atom stereocenters. The summed E-state index contributed by atoms with van der Waals surface area (Å²) in [5, 5.41) is 11.0. The van der Waals surface area contributed by atoms with Crippen LogP contribution in [0.3, 0.4) is 0 Å². The summed E-state index contributed by atoms with van der Waals surface area (Å²) in [4.78, 5) is 0. The number of morpholine rings is 1. The molecule has 0 bridgehead atoms. The molecule has 1 aliphatic rings. The van der Waals surface area contributed by atoms with Crippen molar-refractivity contribution in [3.8, 4) is 0 Å². The molecule has 14 heavy (non-hydrogen) atoms. The zero-order chi connectivity index (χ0) is 9.90. The number of hydrogen-bond donors (Lipinski definition) is 1. The van der Waals surface area contributed by atoms with Gasteiger partial charge in [0.1, 0.15) is 19.2 Å². The van der Waals surface area contributed by atoms with Gasteiger partial charge >= 0.3 is 51.4 Å². The van der Waals surface area contributed by atoms with Gasteiger partial charge in [-0.15, -0.1) is 0 Å². The Kier molecular flexibility index (Phi) is 7.59. The van der Waals surface area contributed by atoms with Gasteiger partial charge in [-0.2, -0.15) is 0 Å². The number of ether oxygens (including phenoxy) is 1. The van der Waals surface area contributed by atoms with Gasteiger partial charge in [0.05, 0.1) is 16.7 Å². The van der Waals surface area contributed by atoms with E-state index in [-0.39, 0.29) is 75.5 Å². The molecule has 1 saturated heterocycles. The largest absolute Gasteiger partial charge is 1.00 e. The van der Waals surface area contributed by atoms with Crippen molar-refractivity contribution in [1.82, 2.24) is 0 Å². The fourth-order valence-electron chi connectivity index (χ4n) is 1.22. The minimum atomic E-state index is -4.18. The first kappa shape index (κ1) is 15.4. The Labute approximate surface area is 126 Å². The van der Waals surface area contributed by atoms with Crippen molar-refractivity contribution >= 4 is 10.1 Å². The topological polar surface area (TPSA) is 93.9 Å². The molecular weight excluding hydrogens is 237 g/mol. The third-order valence-corrected chi connectivity index (χ3v) is 2.62. The van der Waals surface area contributed by atoms with Crippen molar-refractivity contribution in [3.63, 3.8) is 0 Å². The molecule has 1 N–H and O–H groups in total. The summed E-state index contributed by atoms with van der Waals surface area (Å²) in [5.74, 6) is -0.453. The first-order chi connectivity index (χ1) is 5.97. The van der Waals surface area contributed by atoms with Crippen molar-refractivity contribution in [1.29, 1.82) is 0 Å². The van der Waals surface area contributed by atoms with E-state index in [9.17, 15) is 18.2 Å². The molecule has 1 aliphatic heterocycles. The molecule has 0 aromatic carbocycles. The van der Waals surface area contributed by atoms with Crippen LogP contribution in [0.25, 0.3) is 0 Å². The number of hydroxylamine groups is 2. The zero-order valence-corrected chi connectivity index (χ0v) is 12.0. The predicted molar refractivity (Wildman–Crippen MR) is 43.0 cm³/mol. The van der Waals surface area contributed by atoms with E-state index in [2.05, 4.69) is 0 Å². The van der Waals surface area contributed by atoms with Gasteiger partial charge in [0.15, 0.2) is 0 Å². The van der Waals surface area contributed by atoms with Crippen LogP contribution in [-0.4, -0.2) is 44.5 Å². The van der Waals surface area contributed by atoms with Crippen LogP contribution in [0.15, 0.2) is 0 Å². The van der Waals surface area contributed by atoms with Crippen LogP contribution in [-0.2, 0) is 14.9 Å². The average molecular weight is 249 g/mol. The van der Waals surface area contributed by atoms with Crippen LogP contribution >= 0.6 is 0 Å². The van der Waals surface area contributed by atoms with Gasteiger partial charge in [0.25, 0.3) is 0 Å². The van der Waals surface area contributed by atoms with Crippen molar-refractivity contribution < 1.29 is 74.2 Å². The quantitative estimate of drug-likeness (QED) is 0.306. The van der Waals surface area contributed by atoms with E-state index in [0.29, 0.717) is 13.2 Å². The summed E-state index contributed by atoms with van der Waals surface area (Å²) in [6, 6.07) is 0. The van der Waals surface area contributed by atoms with Crippen molar-refractivity contribution in [2.45, 2.75) is 12.5 Å². The maximum Gasteiger partial charge on any atom is 1.00 e. The monoisotopic (exact) mass is 249 g/mol. The van der Waals surface area contributed by atoms with Crippen LogP contribution in [0, 0.1) is 5.21 Å². The van der Waals surface area contributed by atoms with E-state index in [0.717, 1.165) is 0 Å². The summed E-state index contributed by atoms with van der Waals surface area (Å²) in [7, 11) is -4.18. The molecule has 6 nitrogen and oxygen atoms in total. The Bertz CT molecular complexity index is 257. The van der Waals surface area contributed by atoms with E-state index in [4.69, 9.17) is 4.74 Å². The third kappa shape index (κ3) is 6.83. The predicted octanol–water partition coefficient (Wildman–Crippen LogP) is -5.29. The van der Waals surface area contributed by atoms with Gasteiger partial charge in [-0.1, -0.05) is 0 Å². The molecule has 1 rings (SSSR count). The normalized spacial score (nSPS) is 28.1. The van der Waals surface area contributed by atoms with Crippen LogP contribution in [0.4, 0.5) is 0 Å². The van der Waals surface area contributed by atoms with Crippen LogP contribution in [0.1, 0.15) is 6.42 Å². The number of quaternary nitrogens is 1. The van der Waals surface area contributed by atoms with E-state index in [1.165, 1.54) is 0 Å². The van der Waals surface area contributed by atoms with Crippen molar-refractivity contribution in [2.24, 2.45) is 0 Å². The van der Waals surface area contributed by atoms with Gasteiger partial charge in [-0.25, -0.2) is 8.42 Å². The molecule has 1 fully saturated rings. The van der Waals surface area contributed by atoms with Crippen LogP contribution < -0.4 is 56.4 Å². The first-order valence-electron chi connectivity index (χ1n) is 4.04. The molecule has 1 heterocycles. The second-order valence-electron chi connectivity index (χ2n) is 3.04. The second kappa shape index (κ2) is 6.89. The molecular formula is C6H12KNO5S. The standard InChI is InChI=1S/C6H13NO5S.K/c8-7-2-3-12-6(5-7)1-4-13(9,10)11;/h6-7H,1-5H2,(H,9,10,11);/q;+1/p-1. The maximum atomic E-state index is 10.9. The molecule has 0 saturated carbocycles. The smallest absolute Gasteiger partial charge is 0.748 e. The minimum Gasteiger partial charge on any atom is -0.748 e. The van der Waals surface area contributed by atoms with Crippen LogP contribution in [0.2, 0.25) is 0 Å². The summed E-state index contributed by atoms with van der Waals surface area (Å²) in [5.41, 5.74) is 0. The second-order valence-corrected chi connectivity index (χ2v) is 4.56. The summed E-state index contributed by atoms with van der Waals surface area (Å²) in [6.07, 6.45) is -0.262. The van der Waals surface area contributed by atoms with Crippen LogP contribution in [0.5, 0.6) is 0 Å². The Balaban J connectivity index is 0.00000169. The molecule has 8 heteroatoms. The Morgan fingerprint density at radius 3 is 2.64 bits per heavy atom. The molecule has 0 aromatic rings. The fourth-order valence-corrected chi connectivity index (χ4v) is 1.77. The number of hydrogen-bond acceptors (Lipinski definition) is 5. The molecule has 0 spiro atoms. The van der Waals surface area contributed by atoms with Gasteiger partial charge < -0.3 is 19.6 Å². The molecule has 0 aliphatic carbocycles. The number of rotatable bonds is 3.